The molecule has 2 aliphatic rings. The Balaban J connectivity index is 1.71. The number of carboxylic acid groups (broad SMARTS) is 1. The zero-order valence-electron chi connectivity index (χ0n) is 18.4. The van der Waals surface area contributed by atoms with Crippen molar-refractivity contribution < 1.29 is 34.0 Å². The molecule has 1 aromatic rings. The first-order chi connectivity index (χ1) is 14.8. The first-order valence-corrected chi connectivity index (χ1v) is 10.6. The number of esters is 1. The minimum absolute atomic E-state index is 0.119. The summed E-state index contributed by atoms with van der Waals surface area (Å²) in [6, 6.07) is 0. The second-order valence-corrected chi connectivity index (χ2v) is 8.15. The van der Waals surface area contributed by atoms with Crippen LogP contribution in [-0.4, -0.2) is 67.0 Å². The van der Waals surface area contributed by atoms with Crippen molar-refractivity contribution >= 4 is 11.9 Å². The lowest BCUT2D eigenvalue weighted by atomic mass is 9.93. The van der Waals surface area contributed by atoms with Crippen molar-refractivity contribution in [2.45, 2.75) is 39.7 Å². The molecule has 0 radical (unpaired) electrons. The SMILES string of the molecule is COc1c(C)c2c(c(O)c1C/C=C(\C)CC(CCN1CCOCC1)C(=O)O)C(=O)OC2. The summed E-state index contributed by atoms with van der Waals surface area (Å²) in [4.78, 5) is 26.0. The molecule has 2 aliphatic heterocycles. The number of morpholine rings is 1. The van der Waals surface area contributed by atoms with E-state index in [1.165, 1.54) is 7.11 Å². The molecule has 1 fully saturated rings. The number of cyclic esters (lactones) is 1. The number of nitrogens with zero attached hydrogens (tertiary/aromatic N) is 1. The Hall–Kier alpha value is -2.58. The molecule has 0 aromatic heterocycles. The molecule has 3 rings (SSSR count). The molecule has 31 heavy (non-hydrogen) atoms. The van der Waals surface area contributed by atoms with Gasteiger partial charge < -0.3 is 24.4 Å². The summed E-state index contributed by atoms with van der Waals surface area (Å²) in [6.07, 6.45) is 3.22. The van der Waals surface area contributed by atoms with Gasteiger partial charge in [-0.25, -0.2) is 4.79 Å². The maximum atomic E-state index is 12.0. The molecule has 0 bridgehead atoms. The van der Waals surface area contributed by atoms with Crippen LogP contribution in [0.3, 0.4) is 0 Å². The van der Waals surface area contributed by atoms with Crippen molar-refractivity contribution in [3.8, 4) is 11.5 Å². The van der Waals surface area contributed by atoms with Crippen LogP contribution in [0.15, 0.2) is 11.6 Å². The average Bonchev–Trinajstić information content (AvgIpc) is 3.15. The lowest BCUT2D eigenvalue weighted by molar-refractivity contribution is -0.142. The standard InChI is InChI=1S/C23H31NO7/c1-14(12-16(22(26)27)6-7-24-8-10-30-11-9-24)4-5-17-20(25)19-18(13-31-23(19)28)15(2)21(17)29-3/h4,16,25H,5-13H2,1-3H3,(H,26,27)/b14-4+. The van der Waals surface area contributed by atoms with Crippen LogP contribution >= 0.6 is 0 Å². The summed E-state index contributed by atoms with van der Waals surface area (Å²) in [7, 11) is 1.53. The van der Waals surface area contributed by atoms with Gasteiger partial charge in [0.05, 0.1) is 26.2 Å². The quantitative estimate of drug-likeness (QED) is 0.452. The molecule has 8 nitrogen and oxygen atoms in total. The van der Waals surface area contributed by atoms with E-state index in [1.807, 2.05) is 19.9 Å². The topological polar surface area (TPSA) is 106 Å². The number of aromatic hydroxyl groups is 1. The second kappa shape index (κ2) is 10.2. The Labute approximate surface area is 182 Å². The van der Waals surface area contributed by atoms with E-state index < -0.39 is 17.9 Å². The number of rotatable bonds is 9. The van der Waals surface area contributed by atoms with E-state index >= 15 is 0 Å². The van der Waals surface area contributed by atoms with Gasteiger partial charge in [0, 0.05) is 24.2 Å². The highest BCUT2D eigenvalue weighted by molar-refractivity contribution is 5.98. The van der Waals surface area contributed by atoms with E-state index in [1.54, 1.807) is 0 Å². The Kier molecular flexibility index (Phi) is 7.56. The molecule has 0 aliphatic carbocycles. The number of methoxy groups -OCH3 is 1. The van der Waals surface area contributed by atoms with Crippen LogP contribution in [0.1, 0.15) is 46.8 Å². The smallest absolute Gasteiger partial charge is 0.342 e. The van der Waals surface area contributed by atoms with Crippen molar-refractivity contribution in [3.05, 3.63) is 33.9 Å². The van der Waals surface area contributed by atoms with Gasteiger partial charge in [0.2, 0.25) is 0 Å². The van der Waals surface area contributed by atoms with Crippen molar-refractivity contribution in [2.24, 2.45) is 5.92 Å². The fraction of sp³-hybridized carbons (Fsp3) is 0.565. The van der Waals surface area contributed by atoms with Crippen LogP contribution in [0, 0.1) is 12.8 Å². The molecule has 0 spiro atoms. The van der Waals surface area contributed by atoms with E-state index in [0.717, 1.165) is 30.8 Å². The summed E-state index contributed by atoms with van der Waals surface area (Å²) < 4.78 is 15.9. The van der Waals surface area contributed by atoms with Gasteiger partial charge in [0.15, 0.2) is 0 Å². The van der Waals surface area contributed by atoms with Crippen LogP contribution < -0.4 is 4.74 Å². The van der Waals surface area contributed by atoms with Crippen LogP contribution in [0.5, 0.6) is 11.5 Å². The van der Waals surface area contributed by atoms with Crippen molar-refractivity contribution in [3.63, 3.8) is 0 Å². The summed E-state index contributed by atoms with van der Waals surface area (Å²) in [6.45, 7) is 7.64. The number of benzene rings is 1. The van der Waals surface area contributed by atoms with Gasteiger partial charge in [-0.05, 0) is 45.2 Å². The number of hydrogen-bond donors (Lipinski definition) is 2. The zero-order chi connectivity index (χ0) is 22.5. The highest BCUT2D eigenvalue weighted by Gasteiger charge is 2.32. The fourth-order valence-corrected chi connectivity index (χ4v) is 4.25. The molecule has 1 atom stereocenters. The molecular weight excluding hydrogens is 402 g/mol. The van der Waals surface area contributed by atoms with E-state index in [2.05, 4.69) is 4.90 Å². The van der Waals surface area contributed by atoms with E-state index in [4.69, 9.17) is 14.2 Å². The van der Waals surface area contributed by atoms with E-state index in [9.17, 15) is 19.8 Å². The predicted octanol–water partition coefficient (Wildman–Crippen LogP) is 2.68. The minimum Gasteiger partial charge on any atom is -0.507 e. The number of ether oxygens (including phenoxy) is 3. The molecule has 0 amide bonds. The van der Waals surface area contributed by atoms with Crippen molar-refractivity contribution in [1.29, 1.82) is 0 Å². The fourth-order valence-electron chi connectivity index (χ4n) is 4.25. The molecule has 0 saturated carbocycles. The number of carbonyl (C=O) groups excluding carboxylic acids is 1. The molecule has 1 unspecified atom stereocenters. The van der Waals surface area contributed by atoms with E-state index in [0.29, 0.717) is 49.4 Å². The molecule has 1 aromatic carbocycles. The summed E-state index contributed by atoms with van der Waals surface area (Å²) in [5, 5.41) is 20.4. The zero-order valence-corrected chi connectivity index (χ0v) is 18.4. The van der Waals surface area contributed by atoms with Crippen LogP contribution in [0.25, 0.3) is 0 Å². The number of allylic oxidation sites excluding steroid dienone is 2. The Bertz CT molecular complexity index is 871. The highest BCUT2D eigenvalue weighted by atomic mass is 16.5. The predicted molar refractivity (Wildman–Crippen MR) is 114 cm³/mol. The number of carboxylic acids is 1. The number of hydrogen-bond acceptors (Lipinski definition) is 7. The Morgan fingerprint density at radius 3 is 2.68 bits per heavy atom. The monoisotopic (exact) mass is 433 g/mol. The molecule has 8 heteroatoms. The Morgan fingerprint density at radius 2 is 2.03 bits per heavy atom. The highest BCUT2D eigenvalue weighted by Crippen LogP contribution is 2.42. The van der Waals surface area contributed by atoms with E-state index in [-0.39, 0.29) is 17.9 Å². The molecule has 2 N–H and O–H groups in total. The third-order valence-electron chi connectivity index (χ3n) is 6.12. The molecule has 2 heterocycles. The van der Waals surface area contributed by atoms with Gasteiger partial charge in [0.25, 0.3) is 0 Å². The third kappa shape index (κ3) is 5.19. The minimum atomic E-state index is -0.808. The van der Waals surface area contributed by atoms with Crippen LogP contribution in [0.2, 0.25) is 0 Å². The summed E-state index contributed by atoms with van der Waals surface area (Å²) in [5.41, 5.74) is 3.05. The number of phenols is 1. The second-order valence-electron chi connectivity index (χ2n) is 8.15. The number of phenolic OH excluding ortho intramolecular Hbond substituents is 1. The third-order valence-corrected chi connectivity index (χ3v) is 6.12. The van der Waals surface area contributed by atoms with Gasteiger partial charge in [-0.2, -0.15) is 0 Å². The van der Waals surface area contributed by atoms with Crippen molar-refractivity contribution in [1.82, 2.24) is 4.90 Å². The average molecular weight is 434 g/mol. The van der Waals surface area contributed by atoms with Gasteiger partial charge in [0.1, 0.15) is 23.7 Å². The van der Waals surface area contributed by atoms with Gasteiger partial charge in [-0.3, -0.25) is 9.69 Å². The van der Waals surface area contributed by atoms with Crippen LogP contribution in [0.4, 0.5) is 0 Å². The lowest BCUT2D eigenvalue weighted by Crippen LogP contribution is -2.38. The summed E-state index contributed by atoms with van der Waals surface area (Å²) in [5.74, 6) is -1.41. The van der Waals surface area contributed by atoms with Crippen molar-refractivity contribution in [2.75, 3.05) is 40.0 Å². The number of fused-ring (bicyclic) bond motifs is 1. The van der Waals surface area contributed by atoms with Gasteiger partial charge in [-0.15, -0.1) is 0 Å². The summed E-state index contributed by atoms with van der Waals surface area (Å²) >= 11 is 0. The molecule has 170 valence electrons. The normalized spacial score (nSPS) is 17.9. The largest absolute Gasteiger partial charge is 0.507 e. The van der Waals surface area contributed by atoms with Gasteiger partial charge >= 0.3 is 11.9 Å². The van der Waals surface area contributed by atoms with Crippen LogP contribution in [-0.2, 0) is 27.3 Å². The first kappa shape index (κ1) is 23.1. The Morgan fingerprint density at radius 1 is 1.32 bits per heavy atom. The maximum absolute atomic E-state index is 12.0. The maximum Gasteiger partial charge on any atom is 0.342 e. The number of carbonyl (C=O) groups is 2. The lowest BCUT2D eigenvalue weighted by Gasteiger charge is -2.27. The number of aliphatic carboxylic acids is 1. The molecular formula is C23H31NO7. The van der Waals surface area contributed by atoms with Gasteiger partial charge in [-0.1, -0.05) is 11.6 Å². The molecule has 1 saturated heterocycles. The first-order valence-electron chi connectivity index (χ1n) is 10.6.